The number of aromatic nitrogens is 1. The Kier molecular flexibility index (Phi) is 5.18. The summed E-state index contributed by atoms with van der Waals surface area (Å²) in [5.41, 5.74) is 4.98. The Morgan fingerprint density at radius 3 is 2.57 bits per heavy atom. The van der Waals surface area contributed by atoms with E-state index in [0.29, 0.717) is 17.0 Å². The van der Waals surface area contributed by atoms with Crippen LogP contribution in [0.2, 0.25) is 5.02 Å². The van der Waals surface area contributed by atoms with Crippen LogP contribution in [0.1, 0.15) is 27.0 Å². The molecule has 1 aromatic heterocycles. The van der Waals surface area contributed by atoms with E-state index in [1.807, 2.05) is 12.1 Å². The van der Waals surface area contributed by atoms with E-state index in [1.54, 1.807) is 12.1 Å². The summed E-state index contributed by atoms with van der Waals surface area (Å²) >= 11 is 6.07. The van der Waals surface area contributed by atoms with Gasteiger partial charge in [0.1, 0.15) is 0 Å². The Bertz CT molecular complexity index is 1130. The van der Waals surface area contributed by atoms with Crippen molar-refractivity contribution in [3.8, 4) is 0 Å². The van der Waals surface area contributed by atoms with Gasteiger partial charge in [-0.1, -0.05) is 60.1 Å². The molecule has 0 aliphatic rings. The SMILES string of the molecule is COC(=O)c1cc(Cl)ccc1Cc1ccc2ccn(Cc3ccccc3)c2c1. The van der Waals surface area contributed by atoms with Gasteiger partial charge in [0.2, 0.25) is 0 Å². The summed E-state index contributed by atoms with van der Waals surface area (Å²) in [6, 6.07) is 24.3. The number of hydrogen-bond acceptors (Lipinski definition) is 2. The molecule has 0 radical (unpaired) electrons. The molecule has 4 heteroatoms. The summed E-state index contributed by atoms with van der Waals surface area (Å²) in [5, 5.41) is 1.72. The standard InChI is InChI=1S/C24H20ClNO2/c1-28-24(27)22-15-21(25)10-9-20(22)13-18-7-8-19-11-12-26(23(19)14-18)16-17-5-3-2-4-6-17/h2-12,14-15H,13,16H2,1H3. The summed E-state index contributed by atoms with van der Waals surface area (Å²) in [5.74, 6) is -0.369. The van der Waals surface area contributed by atoms with E-state index < -0.39 is 0 Å². The molecule has 0 unspecified atom stereocenters. The maximum atomic E-state index is 12.1. The first kappa shape index (κ1) is 18.3. The quantitative estimate of drug-likeness (QED) is 0.409. The van der Waals surface area contributed by atoms with Crippen molar-refractivity contribution in [2.24, 2.45) is 0 Å². The fraction of sp³-hybridized carbons (Fsp3) is 0.125. The molecule has 0 amide bonds. The van der Waals surface area contributed by atoms with Crippen LogP contribution in [0.25, 0.3) is 10.9 Å². The van der Waals surface area contributed by atoms with Crippen LogP contribution in [0, 0.1) is 0 Å². The molecule has 28 heavy (non-hydrogen) atoms. The lowest BCUT2D eigenvalue weighted by Crippen LogP contribution is -2.06. The Hall–Kier alpha value is -3.04. The maximum Gasteiger partial charge on any atom is 0.338 e. The largest absolute Gasteiger partial charge is 0.465 e. The third-order valence-corrected chi connectivity index (χ3v) is 5.14. The van der Waals surface area contributed by atoms with Gasteiger partial charge in [-0.25, -0.2) is 4.79 Å². The van der Waals surface area contributed by atoms with Gasteiger partial charge in [-0.15, -0.1) is 0 Å². The highest BCUT2D eigenvalue weighted by atomic mass is 35.5. The van der Waals surface area contributed by atoms with Gasteiger partial charge in [-0.2, -0.15) is 0 Å². The molecule has 4 aromatic rings. The normalized spacial score (nSPS) is 10.9. The zero-order valence-electron chi connectivity index (χ0n) is 15.6. The minimum atomic E-state index is -0.369. The fourth-order valence-corrected chi connectivity index (χ4v) is 3.65. The topological polar surface area (TPSA) is 31.2 Å². The van der Waals surface area contributed by atoms with Crippen LogP contribution >= 0.6 is 11.6 Å². The predicted molar refractivity (Wildman–Crippen MR) is 113 cm³/mol. The molecule has 4 rings (SSSR count). The molecular weight excluding hydrogens is 370 g/mol. The van der Waals surface area contributed by atoms with E-state index in [4.69, 9.17) is 16.3 Å². The number of halogens is 1. The highest BCUT2D eigenvalue weighted by molar-refractivity contribution is 6.31. The van der Waals surface area contributed by atoms with Gasteiger partial charge in [0.25, 0.3) is 0 Å². The molecule has 1 heterocycles. The molecule has 0 atom stereocenters. The zero-order valence-corrected chi connectivity index (χ0v) is 16.3. The van der Waals surface area contributed by atoms with Crippen LogP contribution in [-0.4, -0.2) is 17.6 Å². The maximum absolute atomic E-state index is 12.1. The van der Waals surface area contributed by atoms with Gasteiger partial charge in [-0.05, 0) is 52.8 Å². The first-order chi connectivity index (χ1) is 13.6. The van der Waals surface area contributed by atoms with Crippen molar-refractivity contribution in [1.82, 2.24) is 4.57 Å². The van der Waals surface area contributed by atoms with Gasteiger partial charge in [0.15, 0.2) is 0 Å². The number of methoxy groups -OCH3 is 1. The number of fused-ring (bicyclic) bond motifs is 1. The number of hydrogen-bond donors (Lipinski definition) is 0. The zero-order chi connectivity index (χ0) is 19.5. The van der Waals surface area contributed by atoms with Gasteiger partial charge >= 0.3 is 5.97 Å². The summed E-state index contributed by atoms with van der Waals surface area (Å²) in [7, 11) is 1.38. The number of carbonyl (C=O) groups is 1. The molecular formula is C24H20ClNO2. The Balaban J connectivity index is 1.67. The van der Waals surface area contributed by atoms with Crippen molar-refractivity contribution in [3.05, 3.63) is 106 Å². The molecule has 3 aromatic carbocycles. The van der Waals surface area contributed by atoms with E-state index in [-0.39, 0.29) is 5.97 Å². The third kappa shape index (κ3) is 3.80. The Morgan fingerprint density at radius 2 is 1.79 bits per heavy atom. The van der Waals surface area contributed by atoms with Crippen LogP contribution in [-0.2, 0) is 17.7 Å². The van der Waals surface area contributed by atoms with Gasteiger partial charge in [-0.3, -0.25) is 0 Å². The number of nitrogens with zero attached hydrogens (tertiary/aromatic N) is 1. The van der Waals surface area contributed by atoms with Crippen LogP contribution in [0.15, 0.2) is 79.0 Å². The molecule has 0 saturated heterocycles. The van der Waals surface area contributed by atoms with Crippen molar-refractivity contribution >= 4 is 28.5 Å². The molecule has 0 N–H and O–H groups in total. The lowest BCUT2D eigenvalue weighted by atomic mass is 9.99. The average molecular weight is 390 g/mol. The second kappa shape index (κ2) is 7.91. The van der Waals surface area contributed by atoms with Crippen LogP contribution in [0.5, 0.6) is 0 Å². The highest BCUT2D eigenvalue weighted by Crippen LogP contribution is 2.24. The van der Waals surface area contributed by atoms with E-state index >= 15 is 0 Å². The molecule has 3 nitrogen and oxygen atoms in total. The van der Waals surface area contributed by atoms with Gasteiger partial charge in [0.05, 0.1) is 12.7 Å². The minimum absolute atomic E-state index is 0.369. The monoisotopic (exact) mass is 389 g/mol. The number of carbonyl (C=O) groups excluding carboxylic acids is 1. The molecule has 0 spiro atoms. The molecule has 0 bridgehead atoms. The summed E-state index contributed by atoms with van der Waals surface area (Å²) in [6.45, 7) is 0.822. The number of rotatable bonds is 5. The average Bonchev–Trinajstić information content (AvgIpc) is 3.11. The summed E-state index contributed by atoms with van der Waals surface area (Å²) < 4.78 is 7.16. The van der Waals surface area contributed by atoms with Crippen molar-refractivity contribution in [3.63, 3.8) is 0 Å². The van der Waals surface area contributed by atoms with E-state index in [2.05, 4.69) is 59.3 Å². The van der Waals surface area contributed by atoms with Crippen molar-refractivity contribution in [2.75, 3.05) is 7.11 Å². The second-order valence-corrected chi connectivity index (χ2v) is 7.23. The van der Waals surface area contributed by atoms with Gasteiger partial charge in [0, 0.05) is 23.3 Å². The first-order valence-corrected chi connectivity index (χ1v) is 9.50. The lowest BCUT2D eigenvalue weighted by Gasteiger charge is -2.10. The summed E-state index contributed by atoms with van der Waals surface area (Å²) in [6.07, 6.45) is 2.75. The predicted octanol–water partition coefficient (Wildman–Crippen LogP) is 5.72. The molecule has 0 fully saturated rings. The number of benzene rings is 3. The third-order valence-electron chi connectivity index (χ3n) is 4.91. The van der Waals surface area contributed by atoms with Crippen molar-refractivity contribution in [1.29, 1.82) is 0 Å². The van der Waals surface area contributed by atoms with Crippen LogP contribution in [0.4, 0.5) is 0 Å². The Labute approximate surface area is 169 Å². The van der Waals surface area contributed by atoms with E-state index in [1.165, 1.54) is 23.6 Å². The lowest BCUT2D eigenvalue weighted by molar-refractivity contribution is 0.0599. The van der Waals surface area contributed by atoms with Crippen LogP contribution in [0.3, 0.4) is 0 Å². The first-order valence-electron chi connectivity index (χ1n) is 9.12. The Morgan fingerprint density at radius 1 is 0.964 bits per heavy atom. The summed E-state index contributed by atoms with van der Waals surface area (Å²) in [4.78, 5) is 12.1. The van der Waals surface area contributed by atoms with Crippen molar-refractivity contribution < 1.29 is 9.53 Å². The number of esters is 1. The molecule has 140 valence electrons. The molecule has 0 aliphatic carbocycles. The molecule has 0 saturated carbocycles. The van der Waals surface area contributed by atoms with Crippen LogP contribution < -0.4 is 0 Å². The number of ether oxygens (including phenoxy) is 1. The van der Waals surface area contributed by atoms with E-state index in [0.717, 1.165) is 17.7 Å². The van der Waals surface area contributed by atoms with Gasteiger partial charge < -0.3 is 9.30 Å². The molecule has 0 aliphatic heterocycles. The highest BCUT2D eigenvalue weighted by Gasteiger charge is 2.13. The van der Waals surface area contributed by atoms with Crippen molar-refractivity contribution in [2.45, 2.75) is 13.0 Å². The second-order valence-electron chi connectivity index (χ2n) is 6.79. The van der Waals surface area contributed by atoms with E-state index in [9.17, 15) is 4.79 Å². The smallest absolute Gasteiger partial charge is 0.338 e. The minimum Gasteiger partial charge on any atom is -0.465 e. The fourth-order valence-electron chi connectivity index (χ4n) is 3.48.